The Kier molecular flexibility index (Phi) is 5.84. The first-order chi connectivity index (χ1) is 11.5. The Hall–Kier alpha value is -2.95. The van der Waals surface area contributed by atoms with Gasteiger partial charge in [0.1, 0.15) is 11.4 Å². The quantitative estimate of drug-likeness (QED) is 0.619. The van der Waals surface area contributed by atoms with Gasteiger partial charge in [-0.25, -0.2) is 0 Å². The van der Waals surface area contributed by atoms with Crippen LogP contribution in [0.1, 0.15) is 12.5 Å². The van der Waals surface area contributed by atoms with E-state index in [1.165, 1.54) is 6.08 Å². The maximum absolute atomic E-state index is 11.7. The molecule has 0 aliphatic heterocycles. The number of ketones is 1. The number of phenolic OH excluding ortho intramolecular Hbond substituents is 1. The third kappa shape index (κ3) is 4.52. The zero-order valence-corrected chi connectivity index (χ0v) is 14.1. The number of carbonyl (C=O) groups excluding carboxylic acids is 1. The normalized spacial score (nSPS) is 11.3. The molecule has 0 aliphatic rings. The Morgan fingerprint density at radius 2 is 1.88 bits per heavy atom. The first-order valence-corrected chi connectivity index (χ1v) is 7.68. The van der Waals surface area contributed by atoms with Crippen molar-refractivity contribution in [2.45, 2.75) is 13.8 Å². The molecular formula is C19H21N3O2. The lowest BCUT2D eigenvalue weighted by atomic mass is 10.2. The molecule has 0 atom stereocenters. The Balaban J connectivity index is 2.22. The summed E-state index contributed by atoms with van der Waals surface area (Å²) < 4.78 is 0. The molecule has 5 nitrogen and oxygen atoms in total. The Bertz CT molecular complexity index is 782. The summed E-state index contributed by atoms with van der Waals surface area (Å²) in [4.78, 5) is 13.5. The van der Waals surface area contributed by atoms with Crippen LogP contribution in [-0.2, 0) is 4.79 Å². The minimum atomic E-state index is 0.0103. The molecule has 0 saturated carbocycles. The SMILES string of the molecule is CC=CC(=O)CN(C)c1ccc(O)c(N=Nc2ccccc2C)c1. The molecular weight excluding hydrogens is 302 g/mol. The number of hydrogen-bond acceptors (Lipinski definition) is 5. The van der Waals surface area contributed by atoms with E-state index in [0.717, 1.165) is 16.9 Å². The minimum absolute atomic E-state index is 0.0103. The zero-order chi connectivity index (χ0) is 17.5. The fraction of sp³-hybridized carbons (Fsp3) is 0.211. The molecule has 2 aromatic rings. The molecule has 2 rings (SSSR count). The molecule has 0 heterocycles. The predicted octanol–water partition coefficient (Wildman–Crippen LogP) is 4.70. The highest BCUT2D eigenvalue weighted by molar-refractivity contribution is 5.93. The van der Waals surface area contributed by atoms with Crippen molar-refractivity contribution in [3.63, 3.8) is 0 Å². The van der Waals surface area contributed by atoms with Gasteiger partial charge in [-0.2, -0.15) is 5.11 Å². The van der Waals surface area contributed by atoms with Crippen LogP contribution in [0, 0.1) is 6.92 Å². The van der Waals surface area contributed by atoms with E-state index in [9.17, 15) is 9.90 Å². The smallest absolute Gasteiger partial charge is 0.174 e. The lowest BCUT2D eigenvalue weighted by molar-refractivity contribution is -0.113. The monoisotopic (exact) mass is 323 g/mol. The fourth-order valence-corrected chi connectivity index (χ4v) is 2.18. The van der Waals surface area contributed by atoms with Crippen molar-refractivity contribution in [1.82, 2.24) is 0 Å². The lowest BCUT2D eigenvalue weighted by Gasteiger charge is -2.18. The summed E-state index contributed by atoms with van der Waals surface area (Å²) in [6.07, 6.45) is 3.25. The van der Waals surface area contributed by atoms with Crippen molar-refractivity contribution >= 4 is 22.8 Å². The first kappa shape index (κ1) is 17.4. The maximum atomic E-state index is 11.7. The number of nitrogens with zero attached hydrogens (tertiary/aromatic N) is 3. The number of anilines is 1. The van der Waals surface area contributed by atoms with Gasteiger partial charge in [-0.1, -0.05) is 24.3 Å². The number of phenols is 1. The number of aromatic hydroxyl groups is 1. The van der Waals surface area contributed by atoms with Crippen molar-refractivity contribution in [3.8, 4) is 5.75 Å². The van der Waals surface area contributed by atoms with Crippen molar-refractivity contribution < 1.29 is 9.90 Å². The summed E-state index contributed by atoms with van der Waals surface area (Å²) in [6.45, 7) is 4.01. The van der Waals surface area contributed by atoms with Crippen molar-refractivity contribution in [2.75, 3.05) is 18.5 Å². The van der Waals surface area contributed by atoms with E-state index in [4.69, 9.17) is 0 Å². The molecule has 2 aromatic carbocycles. The van der Waals surface area contributed by atoms with Crippen LogP contribution >= 0.6 is 0 Å². The minimum Gasteiger partial charge on any atom is -0.506 e. The second-order valence-electron chi connectivity index (χ2n) is 5.48. The predicted molar refractivity (Wildman–Crippen MR) is 96.6 cm³/mol. The Labute approximate surface area is 142 Å². The molecule has 0 aromatic heterocycles. The number of hydrogen-bond donors (Lipinski definition) is 1. The van der Waals surface area contributed by atoms with Crippen LogP contribution < -0.4 is 4.90 Å². The van der Waals surface area contributed by atoms with Crippen molar-refractivity contribution in [3.05, 3.63) is 60.2 Å². The van der Waals surface area contributed by atoms with Gasteiger partial charge in [-0.15, -0.1) is 5.11 Å². The molecule has 0 radical (unpaired) electrons. The standard InChI is InChI=1S/C19H21N3O2/c1-4-7-16(23)13-22(3)15-10-11-19(24)18(12-15)21-20-17-9-6-5-8-14(17)2/h4-12,24H,13H2,1-3H3. The third-order valence-electron chi connectivity index (χ3n) is 3.53. The van der Waals surface area contributed by atoms with Crippen LogP contribution in [0.15, 0.2) is 64.8 Å². The number of benzene rings is 2. The molecule has 0 unspecified atom stereocenters. The van der Waals surface area contributed by atoms with Gasteiger partial charge in [-0.3, -0.25) is 4.79 Å². The molecule has 0 bridgehead atoms. The average Bonchev–Trinajstić information content (AvgIpc) is 2.55. The van der Waals surface area contributed by atoms with E-state index in [-0.39, 0.29) is 18.1 Å². The number of allylic oxidation sites excluding steroid dienone is 1. The highest BCUT2D eigenvalue weighted by atomic mass is 16.3. The second kappa shape index (κ2) is 8.06. The number of rotatable bonds is 6. The molecule has 124 valence electrons. The van der Waals surface area contributed by atoms with Gasteiger partial charge >= 0.3 is 0 Å². The fourth-order valence-electron chi connectivity index (χ4n) is 2.18. The van der Waals surface area contributed by atoms with E-state index < -0.39 is 0 Å². The molecule has 5 heteroatoms. The van der Waals surface area contributed by atoms with Crippen LogP contribution in [-0.4, -0.2) is 24.5 Å². The Morgan fingerprint density at radius 1 is 1.17 bits per heavy atom. The summed E-state index contributed by atoms with van der Waals surface area (Å²) in [5.41, 5.74) is 2.90. The zero-order valence-electron chi connectivity index (χ0n) is 14.1. The van der Waals surface area contributed by atoms with Gasteiger partial charge in [0.2, 0.25) is 0 Å². The third-order valence-corrected chi connectivity index (χ3v) is 3.53. The molecule has 0 saturated heterocycles. The van der Waals surface area contributed by atoms with Gasteiger partial charge in [-0.05, 0) is 49.8 Å². The van der Waals surface area contributed by atoms with Crippen LogP contribution in [0.3, 0.4) is 0 Å². The molecule has 0 amide bonds. The number of carbonyl (C=O) groups is 1. The molecule has 0 spiro atoms. The summed E-state index contributed by atoms with van der Waals surface area (Å²) in [6, 6.07) is 12.6. The van der Waals surface area contributed by atoms with Gasteiger partial charge in [0.25, 0.3) is 0 Å². The summed E-state index contributed by atoms with van der Waals surface area (Å²) in [7, 11) is 1.82. The topological polar surface area (TPSA) is 65.3 Å². The number of azo groups is 1. The van der Waals surface area contributed by atoms with Gasteiger partial charge in [0, 0.05) is 12.7 Å². The lowest BCUT2D eigenvalue weighted by Crippen LogP contribution is -2.24. The average molecular weight is 323 g/mol. The summed E-state index contributed by atoms with van der Waals surface area (Å²) >= 11 is 0. The highest BCUT2D eigenvalue weighted by Crippen LogP contribution is 2.32. The highest BCUT2D eigenvalue weighted by Gasteiger charge is 2.08. The van der Waals surface area contributed by atoms with Crippen LogP contribution in [0.2, 0.25) is 0 Å². The van der Waals surface area contributed by atoms with Crippen LogP contribution in [0.4, 0.5) is 17.1 Å². The van der Waals surface area contributed by atoms with E-state index >= 15 is 0 Å². The molecule has 1 N–H and O–H groups in total. The molecule has 24 heavy (non-hydrogen) atoms. The summed E-state index contributed by atoms with van der Waals surface area (Å²) in [5.74, 6) is 0.0560. The molecule has 0 fully saturated rings. The van der Waals surface area contributed by atoms with Gasteiger partial charge < -0.3 is 10.0 Å². The summed E-state index contributed by atoms with van der Waals surface area (Å²) in [5, 5.41) is 18.3. The van der Waals surface area contributed by atoms with Crippen molar-refractivity contribution in [2.24, 2.45) is 10.2 Å². The Morgan fingerprint density at radius 3 is 2.58 bits per heavy atom. The van der Waals surface area contributed by atoms with Crippen LogP contribution in [0.25, 0.3) is 0 Å². The first-order valence-electron chi connectivity index (χ1n) is 7.68. The van der Waals surface area contributed by atoms with E-state index in [2.05, 4.69) is 10.2 Å². The van der Waals surface area contributed by atoms with E-state index in [1.54, 1.807) is 29.2 Å². The van der Waals surface area contributed by atoms with E-state index in [1.807, 2.05) is 45.2 Å². The van der Waals surface area contributed by atoms with E-state index in [0.29, 0.717) is 5.69 Å². The van der Waals surface area contributed by atoms with Gasteiger partial charge in [0.05, 0.1) is 12.2 Å². The second-order valence-corrected chi connectivity index (χ2v) is 5.48. The van der Waals surface area contributed by atoms with Crippen LogP contribution in [0.5, 0.6) is 5.75 Å². The number of likely N-dealkylation sites (N-methyl/N-ethyl adjacent to an activating group) is 1. The number of aryl methyl sites for hydroxylation is 1. The largest absolute Gasteiger partial charge is 0.506 e. The van der Waals surface area contributed by atoms with Gasteiger partial charge in [0.15, 0.2) is 5.78 Å². The molecule has 0 aliphatic carbocycles. The van der Waals surface area contributed by atoms with Crippen molar-refractivity contribution in [1.29, 1.82) is 0 Å². The maximum Gasteiger partial charge on any atom is 0.174 e.